The number of hydrogen-bond acceptors (Lipinski definition) is 3. The van der Waals surface area contributed by atoms with E-state index in [1.165, 1.54) is 12.1 Å². The molecule has 2 rings (SSSR count). The minimum atomic E-state index is -4.51. The molecule has 0 N–H and O–H groups in total. The smallest absolute Gasteiger partial charge is 0.613 e. The molecule has 0 atom stereocenters. The molecule has 0 aromatic heterocycles. The average Bonchev–Trinajstić information content (AvgIpc) is 2.75. The van der Waals surface area contributed by atoms with Crippen molar-refractivity contribution in [1.82, 2.24) is 0 Å². The van der Waals surface area contributed by atoms with Gasteiger partial charge in [0.1, 0.15) is 0 Å². The van der Waals surface area contributed by atoms with E-state index in [9.17, 15) is 18.3 Å². The van der Waals surface area contributed by atoms with Gasteiger partial charge in [-0.05, 0) is 30.4 Å². The van der Waals surface area contributed by atoms with Crippen LogP contribution in [0.3, 0.4) is 0 Å². The van der Waals surface area contributed by atoms with Gasteiger partial charge in [-0.1, -0.05) is 13.0 Å². The Kier molecular flexibility index (Phi) is 5.51. The number of allylic oxidation sites excluding steroid dienone is 3. The summed E-state index contributed by atoms with van der Waals surface area (Å²) in [5.41, 5.74) is -0.356. The van der Waals surface area contributed by atoms with Gasteiger partial charge in [0.25, 0.3) is 0 Å². The molecule has 0 saturated carbocycles. The van der Waals surface area contributed by atoms with Crippen LogP contribution in [0.5, 0.6) is 0 Å². The van der Waals surface area contributed by atoms with Crippen LogP contribution in [-0.4, -0.2) is 6.61 Å². The maximum absolute atomic E-state index is 12.7. The molecule has 0 radical (unpaired) electrons. The van der Waals surface area contributed by atoms with E-state index in [1.807, 2.05) is 6.07 Å². The Hall–Kier alpha value is -1.42. The summed E-state index contributed by atoms with van der Waals surface area (Å²) in [7, 11) is 0. The quantitative estimate of drug-likeness (QED) is 0.556. The van der Waals surface area contributed by atoms with Crippen molar-refractivity contribution in [3.8, 4) is 6.07 Å². The van der Waals surface area contributed by atoms with E-state index in [1.54, 1.807) is 6.92 Å². The van der Waals surface area contributed by atoms with Gasteiger partial charge in [0.2, 0.25) is 0 Å². The van der Waals surface area contributed by atoms with Crippen molar-refractivity contribution >= 4 is 11.1 Å². The summed E-state index contributed by atoms with van der Waals surface area (Å²) in [6, 6.07) is 4.80. The minimum absolute atomic E-state index is 0. The SMILES string of the molecule is CCO/C([O-])=C1\C=C(C#N)c2ccc(C(F)(F)F)cc21.[Na+]. The molecule has 1 aliphatic carbocycles. The van der Waals surface area contributed by atoms with Gasteiger partial charge in [-0.15, -0.1) is 0 Å². The molecule has 0 unspecified atom stereocenters. The van der Waals surface area contributed by atoms with Crippen molar-refractivity contribution in [1.29, 1.82) is 5.26 Å². The number of benzene rings is 1. The number of rotatable bonds is 2. The molecule has 1 aromatic rings. The van der Waals surface area contributed by atoms with Gasteiger partial charge in [-0.25, -0.2) is 0 Å². The third-order valence-electron chi connectivity index (χ3n) is 2.83. The zero-order valence-electron chi connectivity index (χ0n) is 11.4. The van der Waals surface area contributed by atoms with Crippen molar-refractivity contribution in [2.45, 2.75) is 13.1 Å². The van der Waals surface area contributed by atoms with Crippen LogP contribution in [0, 0.1) is 11.3 Å². The van der Waals surface area contributed by atoms with Crippen LogP contribution in [0.25, 0.3) is 11.1 Å². The zero-order valence-corrected chi connectivity index (χ0v) is 13.4. The van der Waals surface area contributed by atoms with E-state index in [4.69, 9.17) is 10.00 Å². The molecule has 0 fully saturated rings. The van der Waals surface area contributed by atoms with E-state index < -0.39 is 17.7 Å². The summed E-state index contributed by atoms with van der Waals surface area (Å²) in [6.07, 6.45) is -3.26. The summed E-state index contributed by atoms with van der Waals surface area (Å²) in [5, 5.41) is 20.7. The number of halogens is 3. The Morgan fingerprint density at radius 2 is 2.00 bits per heavy atom. The molecule has 0 spiro atoms. The van der Waals surface area contributed by atoms with Crippen LogP contribution in [0.1, 0.15) is 23.6 Å². The molecule has 0 bridgehead atoms. The number of fused-ring (bicyclic) bond motifs is 1. The van der Waals surface area contributed by atoms with E-state index in [2.05, 4.69) is 0 Å². The summed E-state index contributed by atoms with van der Waals surface area (Å²) < 4.78 is 42.9. The fraction of sp³-hybridized carbons (Fsp3) is 0.214. The van der Waals surface area contributed by atoms with Gasteiger partial charge in [0.15, 0.2) is 0 Å². The summed E-state index contributed by atoms with van der Waals surface area (Å²) in [4.78, 5) is 0. The topological polar surface area (TPSA) is 56.1 Å². The Morgan fingerprint density at radius 1 is 1.33 bits per heavy atom. The molecule has 21 heavy (non-hydrogen) atoms. The van der Waals surface area contributed by atoms with E-state index in [0.29, 0.717) is 5.56 Å². The molecule has 1 aromatic carbocycles. The maximum atomic E-state index is 12.7. The van der Waals surface area contributed by atoms with Crippen LogP contribution in [0.4, 0.5) is 13.2 Å². The van der Waals surface area contributed by atoms with Crippen LogP contribution in [-0.2, 0) is 10.9 Å². The van der Waals surface area contributed by atoms with E-state index >= 15 is 0 Å². The predicted molar refractivity (Wildman–Crippen MR) is 63.6 cm³/mol. The number of ether oxygens (including phenoxy) is 1. The third kappa shape index (κ3) is 3.43. The largest absolute Gasteiger partial charge is 1.00 e. The molecule has 104 valence electrons. The molecule has 0 amide bonds. The first-order chi connectivity index (χ1) is 9.38. The molecular formula is C14H9F3NNaO2. The second kappa shape index (κ2) is 6.56. The first-order valence-electron chi connectivity index (χ1n) is 5.76. The van der Waals surface area contributed by atoms with Crippen LogP contribution >= 0.6 is 0 Å². The van der Waals surface area contributed by atoms with Crippen LogP contribution in [0.15, 0.2) is 30.2 Å². The van der Waals surface area contributed by atoms with Gasteiger partial charge in [-0.3, -0.25) is 0 Å². The first kappa shape index (κ1) is 17.6. The Labute approximate surface area is 141 Å². The molecule has 0 aliphatic heterocycles. The monoisotopic (exact) mass is 303 g/mol. The fourth-order valence-electron chi connectivity index (χ4n) is 1.95. The van der Waals surface area contributed by atoms with Crippen LogP contribution in [0.2, 0.25) is 0 Å². The van der Waals surface area contributed by atoms with Crippen molar-refractivity contribution < 1.29 is 52.6 Å². The van der Waals surface area contributed by atoms with Gasteiger partial charge in [0.05, 0.1) is 23.2 Å². The fourth-order valence-corrected chi connectivity index (χ4v) is 1.95. The predicted octanol–water partition coefficient (Wildman–Crippen LogP) is -0.305. The number of nitrogens with zero attached hydrogens (tertiary/aromatic N) is 1. The molecule has 3 nitrogen and oxygen atoms in total. The van der Waals surface area contributed by atoms with Crippen LogP contribution < -0.4 is 34.7 Å². The summed E-state index contributed by atoms with van der Waals surface area (Å²) in [5.74, 6) is -0.738. The number of hydrogen-bond donors (Lipinski definition) is 0. The van der Waals surface area contributed by atoms with Crippen molar-refractivity contribution in [2.24, 2.45) is 0 Å². The second-order valence-electron chi connectivity index (χ2n) is 4.06. The summed E-state index contributed by atoms with van der Waals surface area (Å²) >= 11 is 0. The summed E-state index contributed by atoms with van der Waals surface area (Å²) in [6.45, 7) is 1.70. The standard InChI is InChI=1S/C14H10F3NO2.Na/c1-2-20-13(19)12-5-8(7-18)10-4-3-9(6-11(10)12)14(15,16)17;/h3-6,19H,2H2,1H3;/q;+1/p-1/b13-12+;. The van der Waals surface area contributed by atoms with E-state index in [0.717, 1.165) is 12.1 Å². The first-order valence-corrected chi connectivity index (χ1v) is 5.76. The Morgan fingerprint density at radius 3 is 2.52 bits per heavy atom. The third-order valence-corrected chi connectivity index (χ3v) is 2.83. The van der Waals surface area contributed by atoms with Gasteiger partial charge >= 0.3 is 35.7 Å². The second-order valence-corrected chi connectivity index (χ2v) is 4.06. The van der Waals surface area contributed by atoms with Crippen molar-refractivity contribution in [2.75, 3.05) is 6.61 Å². The molecule has 7 heteroatoms. The molecule has 1 aliphatic rings. The average molecular weight is 303 g/mol. The van der Waals surface area contributed by atoms with Gasteiger partial charge < -0.3 is 9.84 Å². The maximum Gasteiger partial charge on any atom is 1.00 e. The molecule has 0 heterocycles. The Bertz CT molecular complexity index is 657. The normalized spacial score (nSPS) is 15.5. The number of nitriles is 1. The minimum Gasteiger partial charge on any atom is -0.613 e. The number of alkyl halides is 3. The van der Waals surface area contributed by atoms with Gasteiger partial charge in [-0.2, -0.15) is 18.4 Å². The zero-order chi connectivity index (χ0) is 14.9. The van der Waals surface area contributed by atoms with E-state index in [-0.39, 0.29) is 52.9 Å². The van der Waals surface area contributed by atoms with Gasteiger partial charge in [0, 0.05) is 11.1 Å². The van der Waals surface area contributed by atoms with Crippen molar-refractivity contribution in [3.63, 3.8) is 0 Å². The molecule has 0 saturated heterocycles. The van der Waals surface area contributed by atoms with Crippen molar-refractivity contribution in [3.05, 3.63) is 46.9 Å². The Balaban J connectivity index is 0.00000220. The molecular weight excluding hydrogens is 294 g/mol.